The van der Waals surface area contributed by atoms with E-state index in [1.165, 1.54) is 0 Å². The summed E-state index contributed by atoms with van der Waals surface area (Å²) >= 11 is 0. The molecule has 1 amide bonds. The number of pyridine rings is 1. The summed E-state index contributed by atoms with van der Waals surface area (Å²) in [7, 11) is 0. The number of rotatable bonds is 8. The molecule has 0 spiro atoms. The van der Waals surface area contributed by atoms with E-state index in [-0.39, 0.29) is 11.8 Å². The molecule has 0 aliphatic rings. The molecule has 0 aliphatic carbocycles. The van der Waals surface area contributed by atoms with E-state index in [0.717, 1.165) is 5.56 Å². The number of hydrogen-bond donors (Lipinski definition) is 2. The van der Waals surface area contributed by atoms with Gasteiger partial charge in [-0.3, -0.25) is 4.79 Å². The molecule has 0 unspecified atom stereocenters. The van der Waals surface area contributed by atoms with Gasteiger partial charge in [-0.2, -0.15) is 0 Å². The minimum atomic E-state index is -0.509. The summed E-state index contributed by atoms with van der Waals surface area (Å²) in [5, 5.41) is 2.81. The zero-order chi connectivity index (χ0) is 18.2. The van der Waals surface area contributed by atoms with Gasteiger partial charge in [-0.25, -0.2) is 4.98 Å². The topological polar surface area (TPSA) is 86.5 Å². The fourth-order valence-electron chi connectivity index (χ4n) is 2.11. The number of nitrogens with zero attached hydrogens (tertiary/aromatic N) is 1. The second-order valence-corrected chi connectivity index (χ2v) is 5.97. The second kappa shape index (κ2) is 9.03. The van der Waals surface area contributed by atoms with Gasteiger partial charge in [0, 0.05) is 18.8 Å². The number of aromatic nitrogens is 1. The second-order valence-electron chi connectivity index (χ2n) is 5.97. The van der Waals surface area contributed by atoms with Crippen LogP contribution in [0, 0.1) is 5.92 Å². The van der Waals surface area contributed by atoms with Crippen molar-refractivity contribution >= 4 is 5.91 Å². The fraction of sp³-hybridized carbons (Fsp3) is 0.368. The number of para-hydroxylation sites is 2. The number of hydrogen-bond acceptors (Lipinski definition) is 5. The fourth-order valence-corrected chi connectivity index (χ4v) is 2.11. The Kier molecular flexibility index (Phi) is 6.77. The Balaban J connectivity index is 1.95. The van der Waals surface area contributed by atoms with Gasteiger partial charge in [0.05, 0.1) is 12.6 Å². The third kappa shape index (κ3) is 5.46. The van der Waals surface area contributed by atoms with Gasteiger partial charge in [0.1, 0.15) is 0 Å². The number of benzene rings is 1. The lowest BCUT2D eigenvalue weighted by molar-refractivity contribution is -0.123. The molecule has 0 aliphatic heterocycles. The molecule has 25 heavy (non-hydrogen) atoms. The minimum absolute atomic E-state index is 0.0966. The first-order valence-electron chi connectivity index (χ1n) is 8.39. The zero-order valence-corrected chi connectivity index (χ0v) is 14.9. The Labute approximate surface area is 148 Å². The molecule has 3 N–H and O–H groups in total. The number of carbonyl (C=O) groups is 1. The molecule has 134 valence electrons. The summed E-state index contributed by atoms with van der Waals surface area (Å²) in [6.07, 6.45) is 1.67. The van der Waals surface area contributed by atoms with Gasteiger partial charge in [-0.05, 0) is 30.5 Å². The standard InChI is InChI=1S/C19H25N3O3/c1-4-24-15-7-5-6-8-16(15)25-17-10-9-14(11-21-17)12-22-19(23)18(20)13(2)3/h5-11,13,18H,4,12,20H2,1-3H3,(H,22,23)/t18-/m0/s1. The van der Waals surface area contributed by atoms with E-state index in [2.05, 4.69) is 10.3 Å². The quantitative estimate of drug-likeness (QED) is 0.770. The van der Waals surface area contributed by atoms with Crippen LogP contribution in [-0.4, -0.2) is 23.5 Å². The van der Waals surface area contributed by atoms with Crippen molar-refractivity contribution in [2.24, 2.45) is 11.7 Å². The van der Waals surface area contributed by atoms with Crippen molar-refractivity contribution in [1.29, 1.82) is 0 Å². The van der Waals surface area contributed by atoms with Crippen molar-refractivity contribution in [2.75, 3.05) is 6.61 Å². The SMILES string of the molecule is CCOc1ccccc1Oc1ccc(CNC(=O)[C@@H](N)C(C)C)cn1. The maximum Gasteiger partial charge on any atom is 0.237 e. The summed E-state index contributed by atoms with van der Waals surface area (Å²) in [6, 6.07) is 10.5. The summed E-state index contributed by atoms with van der Waals surface area (Å²) in [5.41, 5.74) is 6.68. The summed E-state index contributed by atoms with van der Waals surface area (Å²) < 4.78 is 11.3. The maximum atomic E-state index is 11.9. The van der Waals surface area contributed by atoms with Crippen molar-refractivity contribution < 1.29 is 14.3 Å². The van der Waals surface area contributed by atoms with Gasteiger partial charge in [-0.15, -0.1) is 0 Å². The predicted octanol–water partition coefficient (Wildman–Crippen LogP) is 2.87. The highest BCUT2D eigenvalue weighted by Gasteiger charge is 2.16. The van der Waals surface area contributed by atoms with E-state index in [1.54, 1.807) is 12.3 Å². The Hall–Kier alpha value is -2.60. The van der Waals surface area contributed by atoms with Crippen LogP contribution in [0.5, 0.6) is 17.4 Å². The smallest absolute Gasteiger partial charge is 0.237 e. The largest absolute Gasteiger partial charge is 0.490 e. The van der Waals surface area contributed by atoms with Crippen LogP contribution in [0.2, 0.25) is 0 Å². The normalized spacial score (nSPS) is 11.9. The van der Waals surface area contributed by atoms with Crippen LogP contribution < -0.4 is 20.5 Å². The molecule has 1 aromatic heterocycles. The minimum Gasteiger partial charge on any atom is -0.490 e. The van der Waals surface area contributed by atoms with E-state index in [9.17, 15) is 4.79 Å². The third-order valence-corrected chi connectivity index (χ3v) is 3.65. The molecule has 1 heterocycles. The molecular weight excluding hydrogens is 318 g/mol. The Bertz CT molecular complexity index is 687. The highest BCUT2D eigenvalue weighted by Crippen LogP contribution is 2.30. The lowest BCUT2D eigenvalue weighted by atomic mass is 10.1. The van der Waals surface area contributed by atoms with E-state index in [1.807, 2.05) is 51.1 Å². The van der Waals surface area contributed by atoms with Crippen LogP contribution in [0.4, 0.5) is 0 Å². The van der Waals surface area contributed by atoms with Gasteiger partial charge < -0.3 is 20.5 Å². The molecule has 0 radical (unpaired) electrons. The van der Waals surface area contributed by atoms with E-state index in [4.69, 9.17) is 15.2 Å². The molecule has 0 saturated carbocycles. The molecule has 6 nitrogen and oxygen atoms in total. The molecule has 2 aromatic rings. The Morgan fingerprint density at radius 2 is 1.92 bits per heavy atom. The van der Waals surface area contributed by atoms with Crippen molar-refractivity contribution in [3.63, 3.8) is 0 Å². The van der Waals surface area contributed by atoms with Gasteiger partial charge in [0.2, 0.25) is 11.8 Å². The average Bonchev–Trinajstić information content (AvgIpc) is 2.62. The monoisotopic (exact) mass is 343 g/mol. The van der Waals surface area contributed by atoms with Crippen LogP contribution in [0.25, 0.3) is 0 Å². The first-order valence-corrected chi connectivity index (χ1v) is 8.39. The highest BCUT2D eigenvalue weighted by molar-refractivity contribution is 5.81. The van der Waals surface area contributed by atoms with Crippen LogP contribution in [0.3, 0.4) is 0 Å². The molecule has 0 saturated heterocycles. The summed E-state index contributed by atoms with van der Waals surface area (Å²) in [4.78, 5) is 16.1. The number of ether oxygens (including phenoxy) is 2. The highest BCUT2D eigenvalue weighted by atomic mass is 16.5. The third-order valence-electron chi connectivity index (χ3n) is 3.65. The lowest BCUT2D eigenvalue weighted by Gasteiger charge is -2.15. The van der Waals surface area contributed by atoms with Crippen LogP contribution in [-0.2, 0) is 11.3 Å². The van der Waals surface area contributed by atoms with Gasteiger partial charge in [0.15, 0.2) is 11.5 Å². The number of nitrogens with two attached hydrogens (primary N) is 1. The zero-order valence-electron chi connectivity index (χ0n) is 14.9. The van der Waals surface area contributed by atoms with Crippen LogP contribution in [0.1, 0.15) is 26.3 Å². The van der Waals surface area contributed by atoms with E-state index >= 15 is 0 Å². The number of carbonyl (C=O) groups excluding carboxylic acids is 1. The number of nitrogens with one attached hydrogen (secondary N) is 1. The Morgan fingerprint density at radius 3 is 2.52 bits per heavy atom. The molecule has 2 rings (SSSR count). The predicted molar refractivity (Wildman–Crippen MR) is 96.6 cm³/mol. The summed E-state index contributed by atoms with van der Waals surface area (Å²) in [6.45, 7) is 6.69. The molecule has 1 atom stereocenters. The molecule has 1 aromatic carbocycles. The van der Waals surface area contributed by atoms with Crippen molar-refractivity contribution in [1.82, 2.24) is 10.3 Å². The summed E-state index contributed by atoms with van der Waals surface area (Å²) in [5.74, 6) is 1.67. The van der Waals surface area contributed by atoms with Crippen LogP contribution >= 0.6 is 0 Å². The van der Waals surface area contributed by atoms with Crippen molar-refractivity contribution in [2.45, 2.75) is 33.4 Å². The lowest BCUT2D eigenvalue weighted by Crippen LogP contribution is -2.43. The molecule has 0 fully saturated rings. The van der Waals surface area contributed by atoms with E-state index < -0.39 is 6.04 Å². The first-order chi connectivity index (χ1) is 12.0. The van der Waals surface area contributed by atoms with Gasteiger partial charge >= 0.3 is 0 Å². The van der Waals surface area contributed by atoms with Gasteiger partial charge in [-0.1, -0.05) is 32.0 Å². The first kappa shape index (κ1) is 18.7. The van der Waals surface area contributed by atoms with Crippen LogP contribution in [0.15, 0.2) is 42.6 Å². The average molecular weight is 343 g/mol. The maximum absolute atomic E-state index is 11.9. The van der Waals surface area contributed by atoms with Crippen molar-refractivity contribution in [3.8, 4) is 17.4 Å². The molecule has 6 heteroatoms. The van der Waals surface area contributed by atoms with Crippen molar-refractivity contribution in [3.05, 3.63) is 48.2 Å². The van der Waals surface area contributed by atoms with Gasteiger partial charge in [0.25, 0.3) is 0 Å². The van der Waals surface area contributed by atoms with E-state index in [0.29, 0.717) is 30.5 Å². The number of amides is 1. The Morgan fingerprint density at radius 1 is 1.20 bits per heavy atom. The molecular formula is C19H25N3O3. The molecule has 0 bridgehead atoms.